The van der Waals surface area contributed by atoms with Crippen molar-refractivity contribution in [2.45, 2.75) is 48.9 Å². The molecule has 15 heavy (non-hydrogen) atoms. The Labute approximate surface area is 105 Å². The molecule has 0 heterocycles. The Bertz CT molecular complexity index is 219. The summed E-state index contributed by atoms with van der Waals surface area (Å²) in [6, 6.07) is 0. The molecule has 2 nitrogen and oxygen atoms in total. The maximum atomic E-state index is 10.9. The van der Waals surface area contributed by atoms with Crippen LogP contribution in [0.25, 0.3) is 0 Å². The fraction of sp³-hybridized carbons (Fsp3) is 0.900. The molecule has 1 fully saturated rings. The second kappa shape index (κ2) is 5.60. The number of hydrogen-bond acceptors (Lipinski definition) is 2. The molecular formula is C10H15Cl3O2. The van der Waals surface area contributed by atoms with Gasteiger partial charge >= 0.3 is 5.97 Å². The highest BCUT2D eigenvalue weighted by atomic mass is 35.6. The molecule has 1 saturated carbocycles. The van der Waals surface area contributed by atoms with Crippen molar-refractivity contribution in [3.8, 4) is 0 Å². The first-order valence-corrected chi connectivity index (χ1v) is 6.28. The van der Waals surface area contributed by atoms with Gasteiger partial charge in [0.2, 0.25) is 3.79 Å². The van der Waals surface area contributed by atoms with Gasteiger partial charge in [0.05, 0.1) is 0 Å². The van der Waals surface area contributed by atoms with Crippen molar-refractivity contribution in [3.05, 3.63) is 0 Å². The van der Waals surface area contributed by atoms with Gasteiger partial charge in [-0.2, -0.15) is 0 Å². The van der Waals surface area contributed by atoms with Crippen LogP contribution in [-0.2, 0) is 9.53 Å². The van der Waals surface area contributed by atoms with Gasteiger partial charge in [0.15, 0.2) is 6.10 Å². The molecule has 0 aromatic heterocycles. The van der Waals surface area contributed by atoms with Crippen LogP contribution in [0.3, 0.4) is 0 Å². The van der Waals surface area contributed by atoms with Gasteiger partial charge < -0.3 is 4.74 Å². The zero-order valence-corrected chi connectivity index (χ0v) is 10.9. The highest BCUT2D eigenvalue weighted by molar-refractivity contribution is 6.68. The first-order valence-electron chi connectivity index (χ1n) is 5.15. The van der Waals surface area contributed by atoms with E-state index < -0.39 is 15.9 Å². The molecule has 0 aliphatic heterocycles. The van der Waals surface area contributed by atoms with Crippen LogP contribution in [0.2, 0.25) is 0 Å². The Kier molecular flexibility index (Phi) is 5.01. The molecule has 1 unspecified atom stereocenters. The molecule has 1 rings (SSSR count). The minimum absolute atomic E-state index is 0.176. The van der Waals surface area contributed by atoms with Gasteiger partial charge in [-0.15, -0.1) is 0 Å². The summed E-state index contributed by atoms with van der Waals surface area (Å²) in [6.45, 7) is 1.34. The fourth-order valence-electron chi connectivity index (χ4n) is 2.05. The van der Waals surface area contributed by atoms with Gasteiger partial charge in [0.25, 0.3) is 0 Å². The van der Waals surface area contributed by atoms with Crippen molar-refractivity contribution in [3.63, 3.8) is 0 Å². The third-order valence-electron chi connectivity index (χ3n) is 2.69. The van der Waals surface area contributed by atoms with E-state index in [2.05, 4.69) is 0 Å². The quantitative estimate of drug-likeness (QED) is 0.564. The highest BCUT2D eigenvalue weighted by Gasteiger charge is 2.41. The standard InChI is InChI=1S/C10H15Cl3O2/c1-7(14)15-9(10(11,12)13)8-5-3-2-4-6-8/h8-9H,2-6H2,1H3. The molecule has 0 radical (unpaired) electrons. The van der Waals surface area contributed by atoms with E-state index in [9.17, 15) is 4.79 Å². The SMILES string of the molecule is CC(=O)OC(C1CCCCC1)C(Cl)(Cl)Cl. The van der Waals surface area contributed by atoms with Crippen molar-refractivity contribution >= 4 is 40.8 Å². The van der Waals surface area contributed by atoms with Crippen LogP contribution >= 0.6 is 34.8 Å². The number of esters is 1. The number of carbonyl (C=O) groups is 1. The molecule has 0 N–H and O–H groups in total. The van der Waals surface area contributed by atoms with Gasteiger partial charge in [-0.1, -0.05) is 54.1 Å². The van der Waals surface area contributed by atoms with E-state index in [1.165, 1.54) is 13.3 Å². The topological polar surface area (TPSA) is 26.3 Å². The highest BCUT2D eigenvalue weighted by Crippen LogP contribution is 2.41. The van der Waals surface area contributed by atoms with E-state index in [-0.39, 0.29) is 5.92 Å². The average Bonchev–Trinajstić information content (AvgIpc) is 2.14. The van der Waals surface area contributed by atoms with Gasteiger partial charge in [-0.05, 0) is 12.8 Å². The van der Waals surface area contributed by atoms with Crippen molar-refractivity contribution in [1.29, 1.82) is 0 Å². The Morgan fingerprint density at radius 3 is 2.20 bits per heavy atom. The lowest BCUT2D eigenvalue weighted by Gasteiger charge is -2.33. The largest absolute Gasteiger partial charge is 0.458 e. The summed E-state index contributed by atoms with van der Waals surface area (Å²) < 4.78 is 3.60. The average molecular weight is 274 g/mol. The van der Waals surface area contributed by atoms with Crippen LogP contribution in [0, 0.1) is 5.92 Å². The van der Waals surface area contributed by atoms with E-state index in [0.717, 1.165) is 25.7 Å². The number of rotatable bonds is 2. The second-order valence-electron chi connectivity index (χ2n) is 3.97. The third-order valence-corrected chi connectivity index (χ3v) is 3.34. The van der Waals surface area contributed by atoms with E-state index in [1.807, 2.05) is 0 Å². The van der Waals surface area contributed by atoms with Crippen LogP contribution in [0.4, 0.5) is 0 Å². The molecule has 5 heteroatoms. The Morgan fingerprint density at radius 2 is 1.80 bits per heavy atom. The molecule has 0 saturated heterocycles. The molecule has 0 spiro atoms. The van der Waals surface area contributed by atoms with Gasteiger partial charge in [-0.3, -0.25) is 4.79 Å². The van der Waals surface area contributed by atoms with Crippen LogP contribution in [-0.4, -0.2) is 15.9 Å². The third kappa shape index (κ3) is 4.38. The molecule has 0 aromatic rings. The van der Waals surface area contributed by atoms with E-state index in [1.54, 1.807) is 0 Å². The summed E-state index contributed by atoms with van der Waals surface area (Å²) in [5.74, 6) is -0.216. The number of halogens is 3. The van der Waals surface area contributed by atoms with Gasteiger partial charge in [0.1, 0.15) is 0 Å². The van der Waals surface area contributed by atoms with Crippen molar-refractivity contribution in [2.75, 3.05) is 0 Å². The molecule has 1 atom stereocenters. The van der Waals surface area contributed by atoms with Crippen LogP contribution in [0.1, 0.15) is 39.0 Å². The van der Waals surface area contributed by atoms with Crippen LogP contribution in [0.15, 0.2) is 0 Å². The van der Waals surface area contributed by atoms with Crippen molar-refractivity contribution in [1.82, 2.24) is 0 Å². The predicted molar refractivity (Wildman–Crippen MR) is 62.4 cm³/mol. The normalized spacial score (nSPS) is 21.1. The molecular weight excluding hydrogens is 258 g/mol. The second-order valence-corrected chi connectivity index (χ2v) is 6.34. The number of alkyl halides is 3. The molecule has 1 aliphatic rings. The summed E-state index contributed by atoms with van der Waals surface area (Å²) in [4.78, 5) is 10.9. The van der Waals surface area contributed by atoms with Gasteiger partial charge in [-0.25, -0.2) is 0 Å². The maximum absolute atomic E-state index is 10.9. The number of carbonyl (C=O) groups excluding carboxylic acids is 1. The molecule has 1 aliphatic carbocycles. The summed E-state index contributed by atoms with van der Waals surface area (Å²) in [7, 11) is 0. The fourth-order valence-corrected chi connectivity index (χ4v) is 2.71. The van der Waals surface area contributed by atoms with Crippen molar-refractivity contribution < 1.29 is 9.53 Å². The number of hydrogen-bond donors (Lipinski definition) is 0. The molecule has 0 amide bonds. The minimum Gasteiger partial charge on any atom is -0.458 e. The Morgan fingerprint density at radius 1 is 1.27 bits per heavy atom. The predicted octanol–water partition coefficient (Wildman–Crippen LogP) is 3.87. The number of ether oxygens (including phenoxy) is 1. The lowest BCUT2D eigenvalue weighted by molar-refractivity contribution is -0.149. The lowest BCUT2D eigenvalue weighted by atomic mass is 9.85. The minimum atomic E-state index is -1.52. The maximum Gasteiger partial charge on any atom is 0.303 e. The first-order chi connectivity index (χ1) is 6.91. The van der Waals surface area contributed by atoms with E-state index in [4.69, 9.17) is 39.5 Å². The van der Waals surface area contributed by atoms with Crippen molar-refractivity contribution in [2.24, 2.45) is 5.92 Å². The molecule has 0 bridgehead atoms. The Balaban J connectivity index is 2.66. The monoisotopic (exact) mass is 272 g/mol. The van der Waals surface area contributed by atoms with E-state index in [0.29, 0.717) is 0 Å². The summed E-state index contributed by atoms with van der Waals surface area (Å²) in [5.41, 5.74) is 0. The van der Waals surface area contributed by atoms with E-state index >= 15 is 0 Å². The zero-order valence-electron chi connectivity index (χ0n) is 8.64. The smallest absolute Gasteiger partial charge is 0.303 e. The van der Waals surface area contributed by atoms with Gasteiger partial charge in [0, 0.05) is 12.8 Å². The molecule has 0 aromatic carbocycles. The Hall–Kier alpha value is 0.340. The van der Waals surface area contributed by atoms with Crippen LogP contribution < -0.4 is 0 Å². The summed E-state index contributed by atoms with van der Waals surface area (Å²) in [6.07, 6.45) is 4.76. The summed E-state index contributed by atoms with van der Waals surface area (Å²) >= 11 is 17.5. The first kappa shape index (κ1) is 13.4. The summed E-state index contributed by atoms with van der Waals surface area (Å²) in [5, 5.41) is 0. The molecule has 88 valence electrons. The van der Waals surface area contributed by atoms with Crippen LogP contribution in [0.5, 0.6) is 0 Å². The zero-order chi connectivity index (χ0) is 11.5. The lowest BCUT2D eigenvalue weighted by Crippen LogP contribution is -2.38.